The van der Waals surface area contributed by atoms with Gasteiger partial charge in [0.15, 0.2) is 0 Å². The van der Waals surface area contributed by atoms with Crippen molar-refractivity contribution in [2.75, 3.05) is 0 Å². The molecule has 1 saturated carbocycles. The van der Waals surface area contributed by atoms with Crippen molar-refractivity contribution in [3.63, 3.8) is 0 Å². The van der Waals surface area contributed by atoms with E-state index in [1.165, 1.54) is 4.90 Å². The van der Waals surface area contributed by atoms with Crippen molar-refractivity contribution in [3.8, 4) is 0 Å². The lowest BCUT2D eigenvalue weighted by Gasteiger charge is -2.36. The van der Waals surface area contributed by atoms with Crippen LogP contribution in [0.3, 0.4) is 0 Å². The van der Waals surface area contributed by atoms with Gasteiger partial charge in [0.1, 0.15) is 0 Å². The molecule has 1 heterocycles. The molecular weight excluding hydrogens is 258 g/mol. The zero-order valence-electron chi connectivity index (χ0n) is 11.4. The Morgan fingerprint density at radius 2 is 1.65 bits per heavy atom. The highest BCUT2D eigenvalue weighted by Gasteiger charge is 2.56. The first-order valence-corrected chi connectivity index (χ1v) is 7.30. The molecule has 1 aliphatic heterocycles. The van der Waals surface area contributed by atoms with Gasteiger partial charge in [0, 0.05) is 0 Å². The number of carboxylic acid groups (broad SMARTS) is 1. The van der Waals surface area contributed by atoms with E-state index < -0.39 is 11.5 Å². The van der Waals surface area contributed by atoms with Gasteiger partial charge < -0.3 is 5.11 Å². The van der Waals surface area contributed by atoms with Crippen LogP contribution in [-0.4, -0.2) is 33.3 Å². The molecule has 0 unspecified atom stereocenters. The molecule has 1 saturated heterocycles. The van der Waals surface area contributed by atoms with Crippen molar-refractivity contribution in [2.45, 2.75) is 50.5 Å². The monoisotopic (exact) mass is 277 g/mol. The van der Waals surface area contributed by atoms with Gasteiger partial charge >= 0.3 is 5.97 Å². The fourth-order valence-electron chi connectivity index (χ4n) is 4.06. The minimum absolute atomic E-state index is 0.114. The number of aliphatic carboxylic acids is 1. The normalized spacial score (nSPS) is 31.7. The number of likely N-dealkylation sites (tertiary alicyclic amines) is 1. The maximum Gasteiger partial charge on any atom is 0.305 e. The van der Waals surface area contributed by atoms with Crippen LogP contribution in [0, 0.1) is 11.8 Å². The number of carbonyl (C=O) groups is 3. The zero-order chi connectivity index (χ0) is 14.3. The molecule has 5 heteroatoms. The first-order valence-electron chi connectivity index (χ1n) is 7.30. The maximum atomic E-state index is 12.6. The Labute approximate surface area is 117 Å². The predicted molar refractivity (Wildman–Crippen MR) is 70.7 cm³/mol. The Bertz CT molecular complexity index is 464. The molecule has 2 aliphatic carbocycles. The molecule has 0 radical (unpaired) electrons. The third kappa shape index (κ3) is 1.87. The fourth-order valence-corrected chi connectivity index (χ4v) is 4.06. The Kier molecular flexibility index (Phi) is 3.15. The number of amides is 2. The molecule has 2 fully saturated rings. The highest BCUT2D eigenvalue weighted by atomic mass is 16.4. The Balaban J connectivity index is 1.94. The van der Waals surface area contributed by atoms with E-state index in [0.29, 0.717) is 25.7 Å². The summed E-state index contributed by atoms with van der Waals surface area (Å²) in [5.41, 5.74) is -0.767. The molecule has 5 nitrogen and oxygen atoms in total. The number of carboxylic acids is 1. The van der Waals surface area contributed by atoms with Crippen molar-refractivity contribution in [2.24, 2.45) is 11.8 Å². The predicted octanol–water partition coefficient (Wildman–Crippen LogP) is 1.73. The molecule has 3 rings (SSSR count). The lowest BCUT2D eigenvalue weighted by atomic mass is 9.85. The second-order valence-electron chi connectivity index (χ2n) is 6.17. The number of hydrogen-bond donors (Lipinski definition) is 1. The molecule has 0 aromatic heterocycles. The minimum Gasteiger partial charge on any atom is -0.481 e. The Morgan fingerprint density at radius 1 is 1.15 bits per heavy atom. The van der Waals surface area contributed by atoms with E-state index in [1.54, 1.807) is 0 Å². The highest BCUT2D eigenvalue weighted by Crippen LogP contribution is 2.45. The summed E-state index contributed by atoms with van der Waals surface area (Å²) in [4.78, 5) is 37.7. The highest BCUT2D eigenvalue weighted by molar-refractivity contribution is 6.06. The average molecular weight is 277 g/mol. The summed E-state index contributed by atoms with van der Waals surface area (Å²) >= 11 is 0. The van der Waals surface area contributed by atoms with Gasteiger partial charge in [0.25, 0.3) is 0 Å². The van der Waals surface area contributed by atoms with Gasteiger partial charge in [-0.1, -0.05) is 25.0 Å². The van der Waals surface area contributed by atoms with E-state index in [0.717, 1.165) is 12.8 Å². The quantitative estimate of drug-likeness (QED) is 0.629. The van der Waals surface area contributed by atoms with Crippen molar-refractivity contribution in [1.29, 1.82) is 0 Å². The van der Waals surface area contributed by atoms with Crippen LogP contribution in [-0.2, 0) is 14.4 Å². The molecular formula is C15H19NO4. The van der Waals surface area contributed by atoms with Crippen LogP contribution >= 0.6 is 0 Å². The summed E-state index contributed by atoms with van der Waals surface area (Å²) in [5, 5.41) is 9.17. The van der Waals surface area contributed by atoms with Crippen molar-refractivity contribution in [1.82, 2.24) is 4.90 Å². The Hall–Kier alpha value is -1.65. The molecule has 20 heavy (non-hydrogen) atoms. The summed E-state index contributed by atoms with van der Waals surface area (Å²) in [5.74, 6) is -1.75. The number of nitrogens with zero attached hydrogens (tertiary/aromatic N) is 1. The lowest BCUT2D eigenvalue weighted by molar-refractivity contribution is -0.151. The molecule has 3 aliphatic rings. The third-order valence-electron chi connectivity index (χ3n) is 5.00. The number of hydrogen-bond acceptors (Lipinski definition) is 3. The summed E-state index contributed by atoms with van der Waals surface area (Å²) in [7, 11) is 0. The standard InChI is InChI=1S/C15H19NO4/c17-12(18)9-15(7-3-4-8-15)16-13(19)10-5-1-2-6-11(10)14(16)20/h1-2,10-11H,3-9H2,(H,17,18)/t10-,11+. The second-order valence-corrected chi connectivity index (χ2v) is 6.17. The molecule has 1 N–H and O–H groups in total. The van der Waals surface area contributed by atoms with Crippen LogP contribution in [0.1, 0.15) is 44.9 Å². The molecule has 108 valence electrons. The minimum atomic E-state index is -0.930. The van der Waals surface area contributed by atoms with Gasteiger partial charge in [-0.05, 0) is 25.7 Å². The van der Waals surface area contributed by atoms with E-state index in [9.17, 15) is 14.4 Å². The van der Waals surface area contributed by atoms with Crippen molar-refractivity contribution < 1.29 is 19.5 Å². The van der Waals surface area contributed by atoms with Gasteiger partial charge in [-0.3, -0.25) is 19.3 Å². The summed E-state index contributed by atoms with van der Waals surface area (Å²) in [6, 6.07) is 0. The Morgan fingerprint density at radius 3 is 2.10 bits per heavy atom. The van der Waals surface area contributed by atoms with Crippen LogP contribution in [0.15, 0.2) is 12.2 Å². The van der Waals surface area contributed by atoms with Gasteiger partial charge in [-0.15, -0.1) is 0 Å². The van der Waals surface area contributed by atoms with Gasteiger partial charge in [-0.25, -0.2) is 0 Å². The van der Waals surface area contributed by atoms with E-state index >= 15 is 0 Å². The molecule has 2 amide bonds. The summed E-state index contributed by atoms with van der Waals surface area (Å²) < 4.78 is 0. The zero-order valence-corrected chi connectivity index (χ0v) is 11.4. The number of imide groups is 1. The molecule has 2 atom stereocenters. The van der Waals surface area contributed by atoms with Crippen LogP contribution < -0.4 is 0 Å². The van der Waals surface area contributed by atoms with E-state index in [4.69, 9.17) is 5.11 Å². The third-order valence-corrected chi connectivity index (χ3v) is 5.00. The van der Waals surface area contributed by atoms with Crippen molar-refractivity contribution in [3.05, 3.63) is 12.2 Å². The smallest absolute Gasteiger partial charge is 0.305 e. The average Bonchev–Trinajstić information content (AvgIpc) is 2.95. The lowest BCUT2D eigenvalue weighted by Crippen LogP contribution is -2.51. The molecule has 0 aromatic carbocycles. The summed E-state index contributed by atoms with van der Waals surface area (Å²) in [6.07, 6.45) is 8.03. The number of rotatable bonds is 3. The van der Waals surface area contributed by atoms with Crippen LogP contribution in [0.25, 0.3) is 0 Å². The van der Waals surface area contributed by atoms with Crippen molar-refractivity contribution >= 4 is 17.8 Å². The first-order chi connectivity index (χ1) is 9.55. The number of carbonyl (C=O) groups excluding carboxylic acids is 2. The maximum absolute atomic E-state index is 12.6. The number of fused-ring (bicyclic) bond motifs is 1. The van der Waals surface area contributed by atoms with E-state index in [2.05, 4.69) is 0 Å². The van der Waals surface area contributed by atoms with Gasteiger partial charge in [-0.2, -0.15) is 0 Å². The largest absolute Gasteiger partial charge is 0.481 e. The summed E-state index contributed by atoms with van der Waals surface area (Å²) in [6.45, 7) is 0. The van der Waals surface area contributed by atoms with Gasteiger partial charge in [0.2, 0.25) is 11.8 Å². The van der Waals surface area contributed by atoms with Crippen LogP contribution in [0.2, 0.25) is 0 Å². The number of allylic oxidation sites excluding steroid dienone is 2. The van der Waals surface area contributed by atoms with Crippen LogP contribution in [0.4, 0.5) is 0 Å². The van der Waals surface area contributed by atoms with E-state index in [1.807, 2.05) is 12.2 Å². The molecule has 0 bridgehead atoms. The van der Waals surface area contributed by atoms with Gasteiger partial charge in [0.05, 0.1) is 23.8 Å². The topological polar surface area (TPSA) is 74.7 Å². The first kappa shape index (κ1) is 13.3. The van der Waals surface area contributed by atoms with Crippen LogP contribution in [0.5, 0.6) is 0 Å². The van der Waals surface area contributed by atoms with E-state index in [-0.39, 0.29) is 30.1 Å². The molecule has 0 spiro atoms. The molecule has 0 aromatic rings. The fraction of sp³-hybridized carbons (Fsp3) is 0.667. The SMILES string of the molecule is O=C(O)CC1(N2C(=O)[C@H]3CC=CC[C@H]3C2=O)CCCC1. The second kappa shape index (κ2) is 4.72.